The highest BCUT2D eigenvalue weighted by Gasteiger charge is 2.35. The zero-order valence-corrected chi connectivity index (χ0v) is 18.1. The molecule has 2 aromatic carbocycles. The van der Waals surface area contributed by atoms with Crippen molar-refractivity contribution < 1.29 is 18.7 Å². The number of carbonyl (C=O) groups excluding carboxylic acids is 2. The molecule has 0 saturated heterocycles. The highest BCUT2D eigenvalue weighted by atomic mass is 19.1. The Kier molecular flexibility index (Phi) is 6.89. The maximum Gasteiger partial charge on any atom is 0.317 e. The summed E-state index contributed by atoms with van der Waals surface area (Å²) < 4.78 is 18.9. The molecule has 2 aromatic rings. The topological polar surface area (TPSA) is 74.2 Å². The summed E-state index contributed by atoms with van der Waals surface area (Å²) in [6.07, 6.45) is 0.444. The second-order valence-electron chi connectivity index (χ2n) is 7.71. The van der Waals surface area contributed by atoms with Gasteiger partial charge in [0.25, 0.3) is 5.91 Å². The summed E-state index contributed by atoms with van der Waals surface area (Å²) in [5.74, 6) is -0.0180. The Hall–Kier alpha value is -3.42. The third-order valence-electron chi connectivity index (χ3n) is 4.97. The van der Waals surface area contributed by atoms with E-state index in [1.165, 1.54) is 22.0 Å². The van der Waals surface area contributed by atoms with E-state index < -0.39 is 6.04 Å². The minimum absolute atomic E-state index is 0.0405. The molecule has 0 radical (unpaired) electrons. The number of hydrogen-bond donors (Lipinski definition) is 1. The minimum atomic E-state index is -0.398. The van der Waals surface area contributed by atoms with E-state index in [1.54, 1.807) is 26.3 Å². The van der Waals surface area contributed by atoms with E-state index in [0.29, 0.717) is 17.9 Å². The van der Waals surface area contributed by atoms with Crippen LogP contribution in [0.2, 0.25) is 0 Å². The Morgan fingerprint density at radius 2 is 1.90 bits per heavy atom. The van der Waals surface area contributed by atoms with E-state index >= 15 is 0 Å². The Bertz CT molecular complexity index is 975. The van der Waals surface area contributed by atoms with Crippen molar-refractivity contribution >= 4 is 17.6 Å². The SMILES string of the molecule is COc1ccccc1[C@@H]1CC(c2ccc(F)cc2)=NN1C(=O)CN(C)C(=O)NC(C)C. The van der Waals surface area contributed by atoms with Gasteiger partial charge >= 0.3 is 6.03 Å². The van der Waals surface area contributed by atoms with Gasteiger partial charge in [0.2, 0.25) is 0 Å². The number of likely N-dealkylation sites (N-methyl/N-ethyl adjacent to an activating group) is 1. The summed E-state index contributed by atoms with van der Waals surface area (Å²) in [7, 11) is 3.14. The molecular weight excluding hydrogens is 399 g/mol. The molecule has 3 amide bonds. The summed E-state index contributed by atoms with van der Waals surface area (Å²) in [6.45, 7) is 3.57. The average Bonchev–Trinajstić information content (AvgIpc) is 3.19. The van der Waals surface area contributed by atoms with Crippen LogP contribution in [0.1, 0.15) is 37.4 Å². The third kappa shape index (κ3) is 5.20. The zero-order chi connectivity index (χ0) is 22.5. The van der Waals surface area contributed by atoms with Crippen molar-refractivity contribution in [3.63, 3.8) is 0 Å². The lowest BCUT2D eigenvalue weighted by Gasteiger charge is -2.26. The predicted octanol–water partition coefficient (Wildman–Crippen LogP) is 3.56. The van der Waals surface area contributed by atoms with E-state index in [9.17, 15) is 14.0 Å². The van der Waals surface area contributed by atoms with Crippen LogP contribution in [0.25, 0.3) is 0 Å². The third-order valence-corrected chi connectivity index (χ3v) is 4.97. The molecule has 0 aliphatic carbocycles. The maximum absolute atomic E-state index is 13.4. The molecule has 3 rings (SSSR count). The number of halogens is 1. The first-order valence-corrected chi connectivity index (χ1v) is 10.1. The number of amides is 3. The van der Waals surface area contributed by atoms with Crippen molar-refractivity contribution in [2.75, 3.05) is 20.7 Å². The van der Waals surface area contributed by atoms with E-state index in [0.717, 1.165) is 11.1 Å². The van der Waals surface area contributed by atoms with Crippen LogP contribution >= 0.6 is 0 Å². The van der Waals surface area contributed by atoms with Gasteiger partial charge in [0, 0.05) is 25.1 Å². The monoisotopic (exact) mass is 426 g/mol. The fourth-order valence-corrected chi connectivity index (χ4v) is 3.45. The van der Waals surface area contributed by atoms with Gasteiger partial charge < -0.3 is 15.0 Å². The molecule has 1 aliphatic rings. The molecule has 0 aromatic heterocycles. The minimum Gasteiger partial charge on any atom is -0.496 e. The van der Waals surface area contributed by atoms with Crippen molar-refractivity contribution in [2.45, 2.75) is 32.4 Å². The lowest BCUT2D eigenvalue weighted by Crippen LogP contribution is -2.45. The molecule has 0 spiro atoms. The van der Waals surface area contributed by atoms with Crippen molar-refractivity contribution in [2.24, 2.45) is 5.10 Å². The number of benzene rings is 2. The Balaban J connectivity index is 1.90. The highest BCUT2D eigenvalue weighted by Crippen LogP contribution is 2.37. The number of nitrogens with zero attached hydrogens (tertiary/aromatic N) is 3. The molecule has 1 heterocycles. The van der Waals surface area contributed by atoms with Crippen molar-refractivity contribution in [3.8, 4) is 5.75 Å². The summed E-state index contributed by atoms with van der Waals surface area (Å²) in [5, 5.41) is 8.72. The van der Waals surface area contributed by atoms with E-state index in [2.05, 4.69) is 10.4 Å². The molecule has 164 valence electrons. The Morgan fingerprint density at radius 3 is 2.55 bits per heavy atom. The van der Waals surface area contributed by atoms with Gasteiger partial charge in [-0.3, -0.25) is 4.79 Å². The molecule has 0 fully saturated rings. The van der Waals surface area contributed by atoms with Crippen molar-refractivity contribution in [3.05, 3.63) is 65.5 Å². The second-order valence-corrected chi connectivity index (χ2v) is 7.71. The number of carbonyl (C=O) groups is 2. The Morgan fingerprint density at radius 1 is 1.23 bits per heavy atom. The summed E-state index contributed by atoms with van der Waals surface area (Å²) in [4.78, 5) is 26.7. The molecule has 7 nitrogen and oxygen atoms in total. The van der Waals surface area contributed by atoms with Gasteiger partial charge in [-0.2, -0.15) is 5.10 Å². The largest absolute Gasteiger partial charge is 0.496 e. The lowest BCUT2D eigenvalue weighted by atomic mass is 9.97. The van der Waals surface area contributed by atoms with Gasteiger partial charge in [-0.1, -0.05) is 30.3 Å². The van der Waals surface area contributed by atoms with E-state index in [1.807, 2.05) is 38.1 Å². The van der Waals surface area contributed by atoms with Crippen LogP contribution in [0.4, 0.5) is 9.18 Å². The number of para-hydroxylation sites is 1. The fourth-order valence-electron chi connectivity index (χ4n) is 3.45. The van der Waals surface area contributed by atoms with Crippen molar-refractivity contribution in [1.29, 1.82) is 0 Å². The summed E-state index contributed by atoms with van der Waals surface area (Å²) in [6, 6.07) is 12.7. The number of urea groups is 1. The van der Waals surface area contributed by atoms with Crippen LogP contribution in [-0.2, 0) is 4.79 Å². The van der Waals surface area contributed by atoms with Crippen LogP contribution in [0.15, 0.2) is 53.6 Å². The Labute approximate surface area is 181 Å². The van der Waals surface area contributed by atoms with Gasteiger partial charge in [-0.25, -0.2) is 14.2 Å². The zero-order valence-electron chi connectivity index (χ0n) is 18.1. The van der Waals surface area contributed by atoms with E-state index in [-0.39, 0.29) is 30.3 Å². The number of rotatable bonds is 6. The smallest absolute Gasteiger partial charge is 0.317 e. The summed E-state index contributed by atoms with van der Waals surface area (Å²) >= 11 is 0. The number of ether oxygens (including phenoxy) is 1. The molecule has 1 aliphatic heterocycles. The number of nitrogens with one attached hydrogen (secondary N) is 1. The molecule has 0 unspecified atom stereocenters. The van der Waals surface area contributed by atoms with Crippen LogP contribution in [0.3, 0.4) is 0 Å². The van der Waals surface area contributed by atoms with E-state index in [4.69, 9.17) is 4.74 Å². The molecule has 8 heteroatoms. The van der Waals surface area contributed by atoms with Gasteiger partial charge in [-0.15, -0.1) is 0 Å². The first-order chi connectivity index (χ1) is 14.8. The first-order valence-electron chi connectivity index (χ1n) is 10.1. The maximum atomic E-state index is 13.4. The second kappa shape index (κ2) is 9.59. The summed E-state index contributed by atoms with van der Waals surface area (Å²) in [5.41, 5.74) is 2.22. The molecule has 1 N–H and O–H groups in total. The number of methoxy groups -OCH3 is 1. The lowest BCUT2D eigenvalue weighted by molar-refractivity contribution is -0.133. The van der Waals surface area contributed by atoms with Gasteiger partial charge in [0.05, 0.1) is 18.9 Å². The van der Waals surface area contributed by atoms with Crippen LogP contribution in [0.5, 0.6) is 5.75 Å². The van der Waals surface area contributed by atoms with Gasteiger partial charge in [0.15, 0.2) is 0 Å². The number of hydrazone groups is 1. The van der Waals surface area contributed by atoms with Crippen LogP contribution < -0.4 is 10.1 Å². The first kappa shape index (κ1) is 22.3. The average molecular weight is 426 g/mol. The quantitative estimate of drug-likeness (QED) is 0.768. The molecule has 0 bridgehead atoms. The van der Waals surface area contributed by atoms with Crippen LogP contribution in [0, 0.1) is 5.82 Å². The normalized spacial score (nSPS) is 15.6. The molecule has 31 heavy (non-hydrogen) atoms. The van der Waals surface area contributed by atoms with Gasteiger partial charge in [-0.05, 0) is 37.6 Å². The molecular formula is C23H27FN4O3. The number of hydrogen-bond acceptors (Lipinski definition) is 4. The molecule has 1 atom stereocenters. The predicted molar refractivity (Wildman–Crippen MR) is 116 cm³/mol. The fraction of sp³-hybridized carbons (Fsp3) is 0.348. The van der Waals surface area contributed by atoms with Crippen molar-refractivity contribution in [1.82, 2.24) is 15.2 Å². The standard InChI is InChI=1S/C23H27FN4O3/c1-15(2)25-23(30)27(3)14-22(29)28-20(18-7-5-6-8-21(18)31-4)13-19(26-28)16-9-11-17(24)12-10-16/h5-12,15,20H,13-14H2,1-4H3,(H,25,30)/t20-/m0/s1. The highest BCUT2D eigenvalue weighted by molar-refractivity contribution is 6.03. The molecule has 0 saturated carbocycles. The van der Waals surface area contributed by atoms with Gasteiger partial charge in [0.1, 0.15) is 18.1 Å². The van der Waals surface area contributed by atoms with Crippen LogP contribution in [-0.4, -0.2) is 54.3 Å².